The third-order valence-electron chi connectivity index (χ3n) is 1.16. The van der Waals surface area contributed by atoms with E-state index in [1.54, 1.807) is 0 Å². The number of nitrogens with two attached hydrogens (primary N) is 1. The third kappa shape index (κ3) is 1.95. The SMILES string of the molecule is NCCc1n[nH]c(=S)[nH]c1=O. The van der Waals surface area contributed by atoms with E-state index >= 15 is 0 Å². The van der Waals surface area contributed by atoms with Crippen LogP contribution in [-0.2, 0) is 6.42 Å². The van der Waals surface area contributed by atoms with Gasteiger partial charge in [0.05, 0.1) is 0 Å². The van der Waals surface area contributed by atoms with Crippen molar-refractivity contribution in [3.05, 3.63) is 20.8 Å². The number of aromatic nitrogens is 3. The highest BCUT2D eigenvalue weighted by Gasteiger charge is 1.97. The van der Waals surface area contributed by atoms with Crippen molar-refractivity contribution >= 4 is 12.2 Å². The van der Waals surface area contributed by atoms with Gasteiger partial charge in [-0.1, -0.05) is 0 Å². The van der Waals surface area contributed by atoms with Gasteiger partial charge in [0.2, 0.25) is 0 Å². The molecule has 1 aromatic rings. The molecule has 0 radical (unpaired) electrons. The molecular weight excluding hydrogens is 164 g/mol. The van der Waals surface area contributed by atoms with Crippen molar-refractivity contribution in [1.82, 2.24) is 15.2 Å². The smallest absolute Gasteiger partial charge is 0.273 e. The average molecular weight is 172 g/mol. The second-order valence-corrected chi connectivity index (χ2v) is 2.40. The second-order valence-electron chi connectivity index (χ2n) is 1.99. The Morgan fingerprint density at radius 2 is 2.36 bits per heavy atom. The van der Waals surface area contributed by atoms with Gasteiger partial charge in [-0.15, -0.1) is 0 Å². The normalized spacial score (nSPS) is 9.91. The van der Waals surface area contributed by atoms with Crippen molar-refractivity contribution < 1.29 is 0 Å². The van der Waals surface area contributed by atoms with Crippen molar-refractivity contribution in [2.24, 2.45) is 5.73 Å². The van der Waals surface area contributed by atoms with Gasteiger partial charge < -0.3 is 5.73 Å². The van der Waals surface area contributed by atoms with Crippen LogP contribution in [0.15, 0.2) is 4.79 Å². The van der Waals surface area contributed by atoms with Crippen molar-refractivity contribution in [3.63, 3.8) is 0 Å². The van der Waals surface area contributed by atoms with E-state index in [9.17, 15) is 4.79 Å². The van der Waals surface area contributed by atoms with E-state index in [0.29, 0.717) is 18.7 Å². The van der Waals surface area contributed by atoms with Gasteiger partial charge in [0.25, 0.3) is 5.56 Å². The molecule has 4 N–H and O–H groups in total. The minimum atomic E-state index is -0.265. The Balaban J connectivity index is 3.10. The summed E-state index contributed by atoms with van der Waals surface area (Å²) >= 11 is 4.64. The number of aromatic amines is 2. The Labute approximate surface area is 67.6 Å². The number of hydrogen-bond donors (Lipinski definition) is 3. The molecule has 0 bridgehead atoms. The summed E-state index contributed by atoms with van der Waals surface area (Å²) in [5, 5.41) is 6.19. The molecular formula is C5H8N4OS. The van der Waals surface area contributed by atoms with Crippen LogP contribution in [0, 0.1) is 4.77 Å². The Morgan fingerprint density at radius 1 is 1.64 bits per heavy atom. The summed E-state index contributed by atoms with van der Waals surface area (Å²) in [4.78, 5) is 13.4. The maximum atomic E-state index is 11.0. The first-order valence-electron chi connectivity index (χ1n) is 3.12. The molecule has 0 saturated heterocycles. The molecule has 0 aliphatic rings. The highest BCUT2D eigenvalue weighted by Crippen LogP contribution is 1.80. The number of H-pyrrole nitrogens is 2. The molecule has 0 unspecified atom stereocenters. The Morgan fingerprint density at radius 3 is 2.91 bits per heavy atom. The predicted molar refractivity (Wildman–Crippen MR) is 42.8 cm³/mol. The van der Waals surface area contributed by atoms with E-state index in [1.165, 1.54) is 0 Å². The van der Waals surface area contributed by atoms with Crippen LogP contribution < -0.4 is 11.3 Å². The summed E-state index contributed by atoms with van der Waals surface area (Å²) in [6, 6.07) is 0. The summed E-state index contributed by atoms with van der Waals surface area (Å²) in [7, 11) is 0. The van der Waals surface area contributed by atoms with Gasteiger partial charge in [-0.3, -0.25) is 14.9 Å². The lowest BCUT2D eigenvalue weighted by Gasteiger charge is -1.93. The average Bonchev–Trinajstić information content (AvgIpc) is 1.95. The van der Waals surface area contributed by atoms with E-state index < -0.39 is 0 Å². The molecule has 0 saturated carbocycles. The Hall–Kier alpha value is -1.01. The van der Waals surface area contributed by atoms with E-state index in [2.05, 4.69) is 27.4 Å². The van der Waals surface area contributed by atoms with Crippen molar-refractivity contribution in [3.8, 4) is 0 Å². The number of nitrogens with zero attached hydrogens (tertiary/aromatic N) is 1. The lowest BCUT2D eigenvalue weighted by molar-refractivity contribution is 0.809. The van der Waals surface area contributed by atoms with Crippen molar-refractivity contribution in [2.45, 2.75) is 6.42 Å². The zero-order valence-electron chi connectivity index (χ0n) is 5.76. The minimum Gasteiger partial charge on any atom is -0.330 e. The zero-order valence-corrected chi connectivity index (χ0v) is 6.57. The maximum absolute atomic E-state index is 11.0. The van der Waals surface area contributed by atoms with Crippen LogP contribution in [0.1, 0.15) is 5.69 Å². The molecule has 1 aromatic heterocycles. The summed E-state index contributed by atoms with van der Waals surface area (Å²) in [6.45, 7) is 0.403. The molecule has 11 heavy (non-hydrogen) atoms. The Kier molecular flexibility index (Phi) is 2.50. The number of rotatable bonds is 2. The molecule has 0 aromatic carbocycles. The number of hydrogen-bond acceptors (Lipinski definition) is 4. The largest absolute Gasteiger partial charge is 0.330 e. The highest BCUT2D eigenvalue weighted by atomic mass is 32.1. The fourth-order valence-electron chi connectivity index (χ4n) is 0.678. The molecule has 0 amide bonds. The first-order chi connectivity index (χ1) is 5.24. The summed E-state index contributed by atoms with van der Waals surface area (Å²) < 4.78 is 0.232. The second kappa shape index (κ2) is 3.40. The predicted octanol–water partition coefficient (Wildman–Crippen LogP) is -0.671. The molecule has 6 heteroatoms. The zero-order chi connectivity index (χ0) is 8.27. The molecule has 5 nitrogen and oxygen atoms in total. The van der Waals surface area contributed by atoms with Gasteiger partial charge >= 0.3 is 0 Å². The molecule has 0 aliphatic carbocycles. The Bertz CT molecular complexity index is 341. The van der Waals surface area contributed by atoms with Crippen LogP contribution in [0.3, 0.4) is 0 Å². The van der Waals surface area contributed by atoms with Crippen LogP contribution in [0.25, 0.3) is 0 Å². The molecule has 60 valence electrons. The minimum absolute atomic E-state index is 0.232. The first-order valence-corrected chi connectivity index (χ1v) is 3.53. The molecule has 0 spiro atoms. The monoisotopic (exact) mass is 172 g/mol. The quantitative estimate of drug-likeness (QED) is 0.516. The van der Waals surface area contributed by atoms with Crippen molar-refractivity contribution in [2.75, 3.05) is 6.54 Å². The molecule has 0 aliphatic heterocycles. The van der Waals surface area contributed by atoms with Gasteiger partial charge in [0.15, 0.2) is 4.77 Å². The summed E-state index contributed by atoms with van der Waals surface area (Å²) in [5.41, 5.74) is 5.36. The van der Waals surface area contributed by atoms with E-state index in [1.807, 2.05) is 0 Å². The molecule has 1 rings (SSSR count). The lowest BCUT2D eigenvalue weighted by atomic mass is 10.3. The van der Waals surface area contributed by atoms with Gasteiger partial charge in [0.1, 0.15) is 5.69 Å². The first kappa shape index (κ1) is 8.09. The lowest BCUT2D eigenvalue weighted by Crippen LogP contribution is -2.19. The van der Waals surface area contributed by atoms with Gasteiger partial charge in [-0.2, -0.15) is 5.10 Å². The standard InChI is InChI=1S/C5H8N4OS/c6-2-1-3-4(10)7-5(11)9-8-3/h1-2,6H2,(H2,7,9,10,11). The van der Waals surface area contributed by atoms with E-state index in [-0.39, 0.29) is 10.3 Å². The highest BCUT2D eigenvalue weighted by molar-refractivity contribution is 7.71. The number of nitrogens with one attached hydrogen (secondary N) is 2. The fourth-order valence-corrected chi connectivity index (χ4v) is 0.817. The fraction of sp³-hybridized carbons (Fsp3) is 0.400. The molecule has 0 atom stereocenters. The van der Waals surface area contributed by atoms with E-state index in [0.717, 1.165) is 0 Å². The molecule has 1 heterocycles. The van der Waals surface area contributed by atoms with Crippen LogP contribution in [0.4, 0.5) is 0 Å². The van der Waals surface area contributed by atoms with Gasteiger partial charge in [0, 0.05) is 6.42 Å². The van der Waals surface area contributed by atoms with Crippen LogP contribution in [-0.4, -0.2) is 21.7 Å². The topological polar surface area (TPSA) is 87.6 Å². The van der Waals surface area contributed by atoms with Crippen LogP contribution in [0.2, 0.25) is 0 Å². The van der Waals surface area contributed by atoms with Gasteiger partial charge in [-0.05, 0) is 18.8 Å². The summed E-state index contributed by atoms with van der Waals surface area (Å²) in [6.07, 6.45) is 0.460. The van der Waals surface area contributed by atoms with Crippen molar-refractivity contribution in [1.29, 1.82) is 0 Å². The van der Waals surface area contributed by atoms with Gasteiger partial charge in [-0.25, -0.2) is 0 Å². The van der Waals surface area contributed by atoms with Crippen LogP contribution >= 0.6 is 12.2 Å². The maximum Gasteiger partial charge on any atom is 0.273 e. The third-order valence-corrected chi connectivity index (χ3v) is 1.36. The molecule has 0 fully saturated rings. The van der Waals surface area contributed by atoms with E-state index in [4.69, 9.17) is 5.73 Å². The summed E-state index contributed by atoms with van der Waals surface area (Å²) in [5.74, 6) is 0. The van der Waals surface area contributed by atoms with Crippen LogP contribution in [0.5, 0.6) is 0 Å².